The number of nitrogens with one attached hydrogen (secondary N) is 3. The summed E-state index contributed by atoms with van der Waals surface area (Å²) in [5.41, 5.74) is 0.656. The molecule has 3 atom stereocenters. The van der Waals surface area contributed by atoms with Crippen molar-refractivity contribution >= 4 is 34.2 Å². The van der Waals surface area contributed by atoms with Crippen molar-refractivity contribution in [2.75, 3.05) is 12.4 Å². The van der Waals surface area contributed by atoms with Crippen molar-refractivity contribution in [3.8, 4) is 0 Å². The summed E-state index contributed by atoms with van der Waals surface area (Å²) in [4.78, 5) is 20.8. The molecular formula is C18H21N5O4S. The molecule has 9 nitrogen and oxygen atoms in total. The Bertz CT molecular complexity index is 1020. The molecule has 1 spiro atoms. The van der Waals surface area contributed by atoms with Gasteiger partial charge in [0.2, 0.25) is 10.0 Å². The number of anilines is 1. The zero-order valence-electron chi connectivity index (χ0n) is 15.2. The number of carbonyl (C=O) groups is 1. The van der Waals surface area contributed by atoms with E-state index in [9.17, 15) is 18.3 Å². The van der Waals surface area contributed by atoms with Gasteiger partial charge in [-0.2, -0.15) is 0 Å². The van der Waals surface area contributed by atoms with E-state index in [1.807, 2.05) is 6.21 Å². The van der Waals surface area contributed by atoms with Gasteiger partial charge in [-0.25, -0.2) is 18.1 Å². The van der Waals surface area contributed by atoms with Gasteiger partial charge in [0.25, 0.3) is 0 Å². The molecule has 28 heavy (non-hydrogen) atoms. The lowest BCUT2D eigenvalue weighted by atomic mass is 9.70. The molecule has 1 aliphatic carbocycles. The second-order valence-electron chi connectivity index (χ2n) is 7.08. The second kappa shape index (κ2) is 6.71. The van der Waals surface area contributed by atoms with E-state index in [1.165, 1.54) is 19.2 Å². The molecule has 0 aromatic heterocycles. The summed E-state index contributed by atoms with van der Waals surface area (Å²) < 4.78 is 26.4. The smallest absolute Gasteiger partial charge is 0.306 e. The predicted octanol–water partition coefficient (Wildman–Crippen LogP) is 1.13. The van der Waals surface area contributed by atoms with E-state index in [0.717, 1.165) is 5.57 Å². The molecule has 0 saturated heterocycles. The largest absolute Gasteiger partial charge is 0.481 e. The number of rotatable bonds is 5. The maximum atomic E-state index is 12.1. The monoisotopic (exact) mass is 403 g/mol. The molecule has 2 heterocycles. The van der Waals surface area contributed by atoms with Gasteiger partial charge in [0.1, 0.15) is 5.82 Å². The van der Waals surface area contributed by atoms with Gasteiger partial charge in [-0.1, -0.05) is 6.07 Å². The van der Waals surface area contributed by atoms with Crippen molar-refractivity contribution in [2.24, 2.45) is 21.8 Å². The van der Waals surface area contributed by atoms with Crippen LogP contribution in [0.25, 0.3) is 0 Å². The minimum atomic E-state index is -3.58. The molecule has 1 aromatic carbocycles. The molecule has 3 aliphatic rings. The first kappa shape index (κ1) is 18.6. The Morgan fingerprint density at radius 3 is 2.96 bits per heavy atom. The number of aliphatic imine (C=N–C) groups is 2. The third kappa shape index (κ3) is 2.98. The molecule has 0 amide bonds. The highest BCUT2D eigenvalue weighted by Crippen LogP contribution is 2.48. The highest BCUT2D eigenvalue weighted by molar-refractivity contribution is 7.89. The number of carboxylic acids is 1. The van der Waals surface area contributed by atoms with E-state index in [2.05, 4.69) is 25.3 Å². The van der Waals surface area contributed by atoms with Gasteiger partial charge in [-0.3, -0.25) is 9.79 Å². The number of benzene rings is 1. The first-order valence-corrected chi connectivity index (χ1v) is 10.4. The summed E-state index contributed by atoms with van der Waals surface area (Å²) in [5, 5.41) is 16.0. The molecule has 1 aromatic rings. The topological polar surface area (TPSA) is 132 Å². The lowest BCUT2D eigenvalue weighted by Crippen LogP contribution is -2.55. The Balaban J connectivity index is 1.73. The molecule has 0 radical (unpaired) electrons. The van der Waals surface area contributed by atoms with E-state index in [0.29, 0.717) is 30.8 Å². The number of sulfonamides is 1. The zero-order valence-corrected chi connectivity index (χ0v) is 16.0. The number of hydrogen-bond acceptors (Lipinski definition) is 7. The van der Waals surface area contributed by atoms with E-state index >= 15 is 0 Å². The molecular weight excluding hydrogens is 382 g/mol. The Hall–Kier alpha value is -2.72. The summed E-state index contributed by atoms with van der Waals surface area (Å²) in [7, 11) is -2.22. The van der Waals surface area contributed by atoms with Crippen LogP contribution in [-0.4, -0.2) is 44.8 Å². The molecule has 4 rings (SSSR count). The third-order valence-corrected chi connectivity index (χ3v) is 6.96. The Morgan fingerprint density at radius 2 is 2.21 bits per heavy atom. The van der Waals surface area contributed by atoms with Crippen LogP contribution in [0.3, 0.4) is 0 Å². The van der Waals surface area contributed by atoms with Gasteiger partial charge in [0.15, 0.2) is 5.66 Å². The van der Waals surface area contributed by atoms with E-state index in [-0.39, 0.29) is 10.8 Å². The Labute approximate surface area is 162 Å². The normalized spacial score (nSPS) is 28.5. The highest BCUT2D eigenvalue weighted by Gasteiger charge is 2.52. The Kier molecular flexibility index (Phi) is 4.47. The summed E-state index contributed by atoms with van der Waals surface area (Å²) >= 11 is 0. The van der Waals surface area contributed by atoms with E-state index < -0.39 is 27.6 Å². The van der Waals surface area contributed by atoms with Gasteiger partial charge in [0.05, 0.1) is 17.2 Å². The van der Waals surface area contributed by atoms with Crippen LogP contribution in [0.4, 0.5) is 5.69 Å². The number of carboxylic acid groups (broad SMARTS) is 1. The van der Waals surface area contributed by atoms with Gasteiger partial charge >= 0.3 is 5.97 Å². The third-order valence-electron chi connectivity index (χ3n) is 5.54. The lowest BCUT2D eigenvalue weighted by molar-refractivity contribution is -0.143. The zero-order chi connectivity index (χ0) is 19.9. The maximum absolute atomic E-state index is 12.1. The van der Waals surface area contributed by atoms with Crippen molar-refractivity contribution in [3.05, 3.63) is 35.7 Å². The van der Waals surface area contributed by atoms with Gasteiger partial charge < -0.3 is 15.7 Å². The first-order valence-electron chi connectivity index (χ1n) is 8.97. The fourth-order valence-corrected chi connectivity index (χ4v) is 4.88. The molecule has 2 aliphatic heterocycles. The Morgan fingerprint density at radius 1 is 1.39 bits per heavy atom. The fraction of sp³-hybridized carbons (Fsp3) is 0.389. The summed E-state index contributed by atoms with van der Waals surface area (Å²) in [6.45, 7) is 0. The quantitative estimate of drug-likeness (QED) is 0.583. The van der Waals surface area contributed by atoms with E-state index in [1.54, 1.807) is 18.5 Å². The molecule has 4 N–H and O–H groups in total. The number of hydrogen-bond donors (Lipinski definition) is 4. The molecule has 0 bridgehead atoms. The van der Waals surface area contributed by atoms with E-state index in [4.69, 9.17) is 0 Å². The molecule has 148 valence electrons. The van der Waals surface area contributed by atoms with Crippen LogP contribution in [0, 0.1) is 11.8 Å². The average molecular weight is 403 g/mol. The van der Waals surface area contributed by atoms with Crippen LogP contribution in [0.5, 0.6) is 0 Å². The molecule has 1 saturated carbocycles. The van der Waals surface area contributed by atoms with Crippen LogP contribution in [0.2, 0.25) is 0 Å². The van der Waals surface area contributed by atoms with Crippen LogP contribution in [0.15, 0.2) is 50.5 Å². The minimum absolute atomic E-state index is 0.0388. The second-order valence-corrected chi connectivity index (χ2v) is 8.96. The predicted molar refractivity (Wildman–Crippen MR) is 105 cm³/mol. The fourth-order valence-electron chi connectivity index (χ4n) is 4.10. The SMILES string of the molecule is CNS(=O)(=O)c1cccc(NC2=C3CC(C(=O)O)CC4CC=NC34NC=N2)c1. The minimum Gasteiger partial charge on any atom is -0.481 e. The van der Waals surface area contributed by atoms with Crippen molar-refractivity contribution < 1.29 is 18.3 Å². The van der Waals surface area contributed by atoms with Gasteiger partial charge in [-0.15, -0.1) is 0 Å². The van der Waals surface area contributed by atoms with Crippen LogP contribution in [0.1, 0.15) is 19.3 Å². The number of aliphatic carboxylic acids is 1. The van der Waals surface area contributed by atoms with Crippen LogP contribution >= 0.6 is 0 Å². The standard InChI is InChI=1S/C18H21N5O4S/c1-19-28(26,27)14-4-2-3-13(9-14)23-16-15-8-11(17(24)25)7-12-5-6-21-18(12,15)22-10-20-16/h2-4,6,9-12,19,23H,5,7-8H2,1H3,(H,20,22)(H,24,25). The molecule has 10 heteroatoms. The van der Waals surface area contributed by atoms with Crippen molar-refractivity contribution in [1.29, 1.82) is 0 Å². The van der Waals surface area contributed by atoms with Crippen molar-refractivity contribution in [2.45, 2.75) is 29.8 Å². The summed E-state index contributed by atoms with van der Waals surface area (Å²) in [5.74, 6) is -0.786. The lowest BCUT2D eigenvalue weighted by Gasteiger charge is -2.44. The van der Waals surface area contributed by atoms with Crippen molar-refractivity contribution in [1.82, 2.24) is 10.0 Å². The van der Waals surface area contributed by atoms with Crippen molar-refractivity contribution in [3.63, 3.8) is 0 Å². The first-order chi connectivity index (χ1) is 13.4. The number of nitrogens with zero attached hydrogens (tertiary/aromatic N) is 2. The van der Waals surface area contributed by atoms with Gasteiger partial charge in [0, 0.05) is 23.4 Å². The van der Waals surface area contributed by atoms with Gasteiger partial charge in [-0.05, 0) is 44.5 Å². The average Bonchev–Trinajstić information content (AvgIpc) is 3.10. The highest BCUT2D eigenvalue weighted by atomic mass is 32.2. The summed E-state index contributed by atoms with van der Waals surface area (Å²) in [6.07, 6.45) is 4.97. The van der Waals surface area contributed by atoms with Crippen LogP contribution < -0.4 is 15.4 Å². The van der Waals surface area contributed by atoms with Crippen LogP contribution in [-0.2, 0) is 14.8 Å². The molecule has 3 unspecified atom stereocenters. The maximum Gasteiger partial charge on any atom is 0.306 e. The molecule has 1 fully saturated rings. The summed E-state index contributed by atoms with van der Waals surface area (Å²) in [6, 6.07) is 6.38.